The number of pyridine rings is 1. The second kappa shape index (κ2) is 5.46. The van der Waals surface area contributed by atoms with Gasteiger partial charge in [0.15, 0.2) is 0 Å². The normalized spacial score (nSPS) is 15.6. The van der Waals surface area contributed by atoms with E-state index in [9.17, 15) is 0 Å². The minimum Gasteiger partial charge on any atom is -0.473 e. The molecular formula is C14H23N3O. The van der Waals surface area contributed by atoms with Crippen LogP contribution in [0.5, 0.6) is 5.88 Å². The lowest BCUT2D eigenvalue weighted by molar-refractivity contribution is 0.234. The molecular weight excluding hydrogens is 226 g/mol. The first kappa shape index (κ1) is 13.0. The Morgan fingerprint density at radius 2 is 2.17 bits per heavy atom. The Bertz CT molecular complexity index is 402. The smallest absolute Gasteiger partial charge is 0.239 e. The van der Waals surface area contributed by atoms with E-state index < -0.39 is 0 Å². The fourth-order valence-electron chi connectivity index (χ4n) is 2.13. The van der Waals surface area contributed by atoms with Crippen LogP contribution in [0.2, 0.25) is 0 Å². The fourth-order valence-corrected chi connectivity index (χ4v) is 2.13. The summed E-state index contributed by atoms with van der Waals surface area (Å²) in [4.78, 5) is 6.69. The van der Waals surface area contributed by atoms with E-state index in [-0.39, 0.29) is 6.10 Å². The third-order valence-corrected chi connectivity index (χ3v) is 3.37. The van der Waals surface area contributed by atoms with Crippen LogP contribution >= 0.6 is 0 Å². The van der Waals surface area contributed by atoms with E-state index in [4.69, 9.17) is 10.5 Å². The van der Waals surface area contributed by atoms with Gasteiger partial charge in [-0.05, 0) is 44.7 Å². The van der Waals surface area contributed by atoms with E-state index >= 15 is 0 Å². The summed E-state index contributed by atoms with van der Waals surface area (Å²) < 4.78 is 5.62. The van der Waals surface area contributed by atoms with Gasteiger partial charge in [-0.15, -0.1) is 0 Å². The van der Waals surface area contributed by atoms with Gasteiger partial charge in [-0.3, -0.25) is 0 Å². The number of rotatable bonds is 5. The molecule has 4 heteroatoms. The highest BCUT2D eigenvalue weighted by Gasteiger charge is 2.20. The first-order valence-corrected chi connectivity index (χ1v) is 6.70. The summed E-state index contributed by atoms with van der Waals surface area (Å²) in [6.45, 7) is 5.02. The standard InChI is InChI=1S/C14H23N3O/c1-10(2)18-14-12(15)7-8-13(16-14)17(3)9-11-5-4-6-11/h7-8,10-11H,4-6,9,15H2,1-3H3. The predicted molar refractivity (Wildman–Crippen MR) is 75.0 cm³/mol. The molecule has 1 aromatic heterocycles. The second-order valence-electron chi connectivity index (χ2n) is 5.41. The highest BCUT2D eigenvalue weighted by molar-refractivity contribution is 5.54. The van der Waals surface area contributed by atoms with Crippen molar-refractivity contribution < 1.29 is 4.74 Å². The molecule has 0 spiro atoms. The molecule has 0 radical (unpaired) electrons. The lowest BCUT2D eigenvalue weighted by Crippen LogP contribution is -2.30. The molecule has 4 nitrogen and oxygen atoms in total. The maximum absolute atomic E-state index is 5.87. The van der Waals surface area contributed by atoms with Crippen LogP contribution in [0.1, 0.15) is 33.1 Å². The highest BCUT2D eigenvalue weighted by atomic mass is 16.5. The zero-order valence-electron chi connectivity index (χ0n) is 11.5. The molecule has 0 bridgehead atoms. The molecule has 1 saturated carbocycles. The Labute approximate surface area is 109 Å². The van der Waals surface area contributed by atoms with Crippen molar-refractivity contribution in [2.45, 2.75) is 39.2 Å². The summed E-state index contributed by atoms with van der Waals surface area (Å²) >= 11 is 0. The molecule has 0 amide bonds. The maximum Gasteiger partial charge on any atom is 0.239 e. The fraction of sp³-hybridized carbons (Fsp3) is 0.643. The molecule has 1 aliphatic rings. The molecule has 2 N–H and O–H groups in total. The van der Waals surface area contributed by atoms with Crippen LogP contribution in [0.25, 0.3) is 0 Å². The van der Waals surface area contributed by atoms with Gasteiger partial charge in [0.1, 0.15) is 5.82 Å². The van der Waals surface area contributed by atoms with Crippen molar-refractivity contribution in [3.8, 4) is 5.88 Å². The quantitative estimate of drug-likeness (QED) is 0.871. The summed E-state index contributed by atoms with van der Waals surface area (Å²) in [5.41, 5.74) is 6.47. The topological polar surface area (TPSA) is 51.4 Å². The van der Waals surface area contributed by atoms with Crippen molar-refractivity contribution in [2.75, 3.05) is 24.2 Å². The summed E-state index contributed by atoms with van der Waals surface area (Å²) in [7, 11) is 2.08. The molecule has 2 rings (SSSR count). The number of aromatic nitrogens is 1. The van der Waals surface area contributed by atoms with Crippen LogP contribution in [0, 0.1) is 5.92 Å². The first-order valence-electron chi connectivity index (χ1n) is 6.70. The molecule has 0 atom stereocenters. The molecule has 0 aliphatic heterocycles. The number of anilines is 2. The van der Waals surface area contributed by atoms with Gasteiger partial charge >= 0.3 is 0 Å². The van der Waals surface area contributed by atoms with Crippen LogP contribution in [0.3, 0.4) is 0 Å². The van der Waals surface area contributed by atoms with Gasteiger partial charge in [0.2, 0.25) is 5.88 Å². The predicted octanol–water partition coefficient (Wildman–Crippen LogP) is 2.69. The van der Waals surface area contributed by atoms with E-state index in [1.807, 2.05) is 26.0 Å². The molecule has 0 aromatic carbocycles. The van der Waals surface area contributed by atoms with Crippen LogP contribution in [0.15, 0.2) is 12.1 Å². The van der Waals surface area contributed by atoms with E-state index in [1.54, 1.807) is 0 Å². The minimum atomic E-state index is 0.0898. The van der Waals surface area contributed by atoms with E-state index in [1.165, 1.54) is 19.3 Å². The van der Waals surface area contributed by atoms with Crippen molar-refractivity contribution >= 4 is 11.5 Å². The Balaban J connectivity index is 2.07. The zero-order chi connectivity index (χ0) is 13.1. The second-order valence-corrected chi connectivity index (χ2v) is 5.41. The number of hydrogen-bond donors (Lipinski definition) is 1. The Morgan fingerprint density at radius 3 is 2.72 bits per heavy atom. The van der Waals surface area contributed by atoms with Crippen LogP contribution in [-0.4, -0.2) is 24.7 Å². The van der Waals surface area contributed by atoms with E-state index in [0.29, 0.717) is 11.6 Å². The van der Waals surface area contributed by atoms with Crippen LogP contribution < -0.4 is 15.4 Å². The van der Waals surface area contributed by atoms with Crippen molar-refractivity contribution in [2.24, 2.45) is 5.92 Å². The van der Waals surface area contributed by atoms with Gasteiger partial charge in [-0.25, -0.2) is 0 Å². The molecule has 1 aromatic rings. The van der Waals surface area contributed by atoms with Crippen molar-refractivity contribution in [1.29, 1.82) is 0 Å². The van der Waals surface area contributed by atoms with Gasteiger partial charge in [-0.1, -0.05) is 6.42 Å². The number of ether oxygens (including phenoxy) is 1. The van der Waals surface area contributed by atoms with Gasteiger partial charge in [0.05, 0.1) is 11.8 Å². The van der Waals surface area contributed by atoms with Crippen molar-refractivity contribution in [1.82, 2.24) is 4.98 Å². The zero-order valence-corrected chi connectivity index (χ0v) is 11.5. The van der Waals surface area contributed by atoms with Crippen molar-refractivity contribution in [3.63, 3.8) is 0 Å². The SMILES string of the molecule is CC(C)Oc1nc(N(C)CC2CCC2)ccc1N. The molecule has 0 saturated heterocycles. The molecule has 1 aliphatic carbocycles. The average molecular weight is 249 g/mol. The monoisotopic (exact) mass is 249 g/mol. The van der Waals surface area contributed by atoms with E-state index in [2.05, 4.69) is 16.9 Å². The number of nitrogens with zero attached hydrogens (tertiary/aromatic N) is 2. The van der Waals surface area contributed by atoms with Gasteiger partial charge in [0.25, 0.3) is 0 Å². The first-order chi connectivity index (χ1) is 8.56. The number of hydrogen-bond acceptors (Lipinski definition) is 4. The number of nitrogens with two attached hydrogens (primary N) is 1. The maximum atomic E-state index is 5.87. The lowest BCUT2D eigenvalue weighted by atomic mass is 9.85. The Morgan fingerprint density at radius 1 is 1.44 bits per heavy atom. The van der Waals surface area contributed by atoms with Crippen LogP contribution in [0.4, 0.5) is 11.5 Å². The van der Waals surface area contributed by atoms with Crippen molar-refractivity contribution in [3.05, 3.63) is 12.1 Å². The summed E-state index contributed by atoms with van der Waals surface area (Å²) in [5, 5.41) is 0. The van der Waals surface area contributed by atoms with Crippen LogP contribution in [-0.2, 0) is 0 Å². The lowest BCUT2D eigenvalue weighted by Gasteiger charge is -2.30. The largest absolute Gasteiger partial charge is 0.473 e. The minimum absolute atomic E-state index is 0.0898. The third kappa shape index (κ3) is 3.06. The average Bonchev–Trinajstić information content (AvgIpc) is 2.25. The molecule has 0 unspecified atom stereocenters. The molecule has 18 heavy (non-hydrogen) atoms. The summed E-state index contributed by atoms with van der Waals surface area (Å²) in [6.07, 6.45) is 4.14. The molecule has 1 heterocycles. The highest BCUT2D eigenvalue weighted by Crippen LogP contribution is 2.29. The summed E-state index contributed by atoms with van der Waals surface area (Å²) in [5.74, 6) is 2.30. The van der Waals surface area contributed by atoms with Gasteiger partial charge in [0, 0.05) is 13.6 Å². The summed E-state index contributed by atoms with van der Waals surface area (Å²) in [6, 6.07) is 3.83. The van der Waals surface area contributed by atoms with Gasteiger partial charge < -0.3 is 15.4 Å². The molecule has 1 fully saturated rings. The third-order valence-electron chi connectivity index (χ3n) is 3.37. The van der Waals surface area contributed by atoms with E-state index in [0.717, 1.165) is 18.3 Å². The molecule has 100 valence electrons. The Hall–Kier alpha value is -1.45. The van der Waals surface area contributed by atoms with Gasteiger partial charge in [-0.2, -0.15) is 4.98 Å². The number of nitrogen functional groups attached to an aromatic ring is 1. The Kier molecular flexibility index (Phi) is 3.94.